The van der Waals surface area contributed by atoms with Crippen LogP contribution < -0.4 is 10.1 Å². The number of benzene rings is 1. The van der Waals surface area contributed by atoms with Gasteiger partial charge in [-0.3, -0.25) is 0 Å². The maximum atomic E-state index is 12.4. The van der Waals surface area contributed by atoms with E-state index in [1.54, 1.807) is 29.2 Å². The highest BCUT2D eigenvalue weighted by Gasteiger charge is 2.25. The van der Waals surface area contributed by atoms with Gasteiger partial charge in [0.2, 0.25) is 5.88 Å². The number of hydrogen-bond donors (Lipinski definition) is 1. The Morgan fingerprint density at radius 2 is 2.21 bits per heavy atom. The third-order valence-corrected chi connectivity index (χ3v) is 4.04. The van der Waals surface area contributed by atoms with Crippen LogP contribution in [0.5, 0.6) is 5.88 Å². The number of ether oxygens (including phenoxy) is 1. The fraction of sp³-hybridized carbons (Fsp3) is 0.353. The lowest BCUT2D eigenvalue weighted by Gasteiger charge is -2.32. The maximum Gasteiger partial charge on any atom is 0.321 e. The molecule has 3 rings (SSSR count). The molecule has 1 aromatic heterocycles. The van der Waals surface area contributed by atoms with Crippen LogP contribution in [0.2, 0.25) is 5.02 Å². The monoisotopic (exact) mass is 346 g/mol. The number of hydrogen-bond acceptors (Lipinski definition) is 4. The second-order valence-corrected chi connectivity index (χ2v) is 6.22. The molecule has 1 N–H and O–H groups in total. The topological polar surface area (TPSA) is 67.3 Å². The smallest absolute Gasteiger partial charge is 0.321 e. The molecule has 2 amide bonds. The molecule has 1 unspecified atom stereocenters. The van der Waals surface area contributed by atoms with Gasteiger partial charge in [0.1, 0.15) is 6.10 Å². The quantitative estimate of drug-likeness (QED) is 0.923. The predicted octanol–water partition coefficient (Wildman–Crippen LogP) is 3.51. The first kappa shape index (κ1) is 16.5. The van der Waals surface area contributed by atoms with Crippen molar-refractivity contribution < 1.29 is 9.53 Å². The summed E-state index contributed by atoms with van der Waals surface area (Å²) in [4.78, 5) is 14.2. The van der Waals surface area contributed by atoms with E-state index in [9.17, 15) is 4.79 Å². The second-order valence-electron chi connectivity index (χ2n) is 5.78. The molecule has 1 atom stereocenters. The Labute approximate surface area is 145 Å². The molecule has 6 nitrogen and oxygen atoms in total. The standard InChI is InChI=1S/C17H19ClN4O2/c1-12-7-8-16(21-20-12)24-15-6-3-9-22(11-15)17(23)19-14-5-2-4-13(18)10-14/h2,4-5,7-8,10,15H,3,6,9,11H2,1H3,(H,19,23). The molecule has 1 aliphatic heterocycles. The van der Waals surface area contributed by atoms with Crippen LogP contribution in [0.3, 0.4) is 0 Å². The summed E-state index contributed by atoms with van der Waals surface area (Å²) in [6, 6.07) is 10.6. The highest BCUT2D eigenvalue weighted by atomic mass is 35.5. The Balaban J connectivity index is 1.58. The fourth-order valence-electron chi connectivity index (χ4n) is 2.61. The molecule has 0 radical (unpaired) electrons. The van der Waals surface area contributed by atoms with Crippen molar-refractivity contribution in [2.45, 2.75) is 25.9 Å². The van der Waals surface area contributed by atoms with Gasteiger partial charge in [-0.15, -0.1) is 5.10 Å². The summed E-state index contributed by atoms with van der Waals surface area (Å²) >= 11 is 5.94. The van der Waals surface area contributed by atoms with Gasteiger partial charge in [0.25, 0.3) is 0 Å². The summed E-state index contributed by atoms with van der Waals surface area (Å²) in [6.07, 6.45) is 1.68. The van der Waals surface area contributed by atoms with E-state index in [4.69, 9.17) is 16.3 Å². The number of amides is 2. The van der Waals surface area contributed by atoms with Crippen LogP contribution in [-0.4, -0.2) is 40.3 Å². The van der Waals surface area contributed by atoms with Crippen molar-refractivity contribution in [3.8, 4) is 5.88 Å². The maximum absolute atomic E-state index is 12.4. The molecule has 0 saturated carbocycles. The van der Waals surface area contributed by atoms with Crippen LogP contribution in [0.1, 0.15) is 18.5 Å². The number of anilines is 1. The van der Waals surface area contributed by atoms with Gasteiger partial charge in [-0.05, 0) is 44.0 Å². The fourth-order valence-corrected chi connectivity index (χ4v) is 2.80. The molecule has 2 heterocycles. The van der Waals surface area contributed by atoms with Gasteiger partial charge < -0.3 is 15.0 Å². The van der Waals surface area contributed by atoms with E-state index in [0.717, 1.165) is 18.5 Å². The summed E-state index contributed by atoms with van der Waals surface area (Å²) in [5.74, 6) is 0.489. The van der Waals surface area contributed by atoms with E-state index >= 15 is 0 Å². The number of carbonyl (C=O) groups is 1. The molecule has 0 aliphatic carbocycles. The minimum absolute atomic E-state index is 0.0825. The predicted molar refractivity (Wildman–Crippen MR) is 92.5 cm³/mol. The summed E-state index contributed by atoms with van der Waals surface area (Å²) < 4.78 is 5.84. The van der Waals surface area contributed by atoms with Crippen molar-refractivity contribution in [2.75, 3.05) is 18.4 Å². The molecular weight excluding hydrogens is 328 g/mol. The van der Waals surface area contributed by atoms with Crippen molar-refractivity contribution in [1.82, 2.24) is 15.1 Å². The number of urea groups is 1. The number of rotatable bonds is 3. The van der Waals surface area contributed by atoms with Crippen molar-refractivity contribution >= 4 is 23.3 Å². The molecule has 0 spiro atoms. The molecule has 1 fully saturated rings. The zero-order chi connectivity index (χ0) is 16.9. The van der Waals surface area contributed by atoms with Crippen molar-refractivity contribution in [1.29, 1.82) is 0 Å². The highest BCUT2D eigenvalue weighted by Crippen LogP contribution is 2.19. The third-order valence-electron chi connectivity index (χ3n) is 3.80. The number of aromatic nitrogens is 2. The molecule has 24 heavy (non-hydrogen) atoms. The zero-order valence-corrected chi connectivity index (χ0v) is 14.2. The van der Waals surface area contributed by atoms with Gasteiger partial charge in [0.05, 0.1) is 12.2 Å². The average molecular weight is 347 g/mol. The van der Waals surface area contributed by atoms with Gasteiger partial charge in [0, 0.05) is 23.3 Å². The molecular formula is C17H19ClN4O2. The molecule has 7 heteroatoms. The highest BCUT2D eigenvalue weighted by molar-refractivity contribution is 6.30. The lowest BCUT2D eigenvalue weighted by atomic mass is 10.1. The van der Waals surface area contributed by atoms with Crippen LogP contribution in [-0.2, 0) is 0 Å². The van der Waals surface area contributed by atoms with E-state index in [1.165, 1.54) is 0 Å². The molecule has 1 aromatic carbocycles. The third kappa shape index (κ3) is 4.35. The van der Waals surface area contributed by atoms with E-state index < -0.39 is 0 Å². The number of nitrogens with one attached hydrogen (secondary N) is 1. The zero-order valence-electron chi connectivity index (χ0n) is 13.4. The lowest BCUT2D eigenvalue weighted by molar-refractivity contribution is 0.102. The Morgan fingerprint density at radius 3 is 2.96 bits per heavy atom. The Bertz CT molecular complexity index is 708. The SMILES string of the molecule is Cc1ccc(OC2CCCN(C(=O)Nc3cccc(Cl)c3)C2)nn1. The van der Waals surface area contributed by atoms with Crippen LogP contribution in [0, 0.1) is 6.92 Å². The van der Waals surface area contributed by atoms with E-state index in [-0.39, 0.29) is 12.1 Å². The molecule has 1 aliphatic rings. The normalized spacial score (nSPS) is 17.4. The summed E-state index contributed by atoms with van der Waals surface area (Å²) in [5, 5.41) is 11.4. The van der Waals surface area contributed by atoms with Crippen molar-refractivity contribution in [3.05, 3.63) is 47.1 Å². The molecule has 0 bridgehead atoms. The second kappa shape index (κ2) is 7.49. The number of halogens is 1. The molecule has 1 saturated heterocycles. The van der Waals surface area contributed by atoms with E-state index in [0.29, 0.717) is 29.7 Å². The largest absolute Gasteiger partial charge is 0.471 e. The first-order valence-corrected chi connectivity index (χ1v) is 8.26. The summed E-state index contributed by atoms with van der Waals surface area (Å²) in [6.45, 7) is 3.09. The number of aryl methyl sites for hydroxylation is 1. The average Bonchev–Trinajstić information content (AvgIpc) is 2.57. The van der Waals surface area contributed by atoms with Crippen LogP contribution >= 0.6 is 11.6 Å². The van der Waals surface area contributed by atoms with Gasteiger partial charge in [-0.25, -0.2) is 4.79 Å². The van der Waals surface area contributed by atoms with Gasteiger partial charge in [0.15, 0.2) is 0 Å². The number of carbonyl (C=O) groups excluding carboxylic acids is 1. The Hall–Kier alpha value is -2.34. The summed E-state index contributed by atoms with van der Waals surface area (Å²) in [7, 11) is 0. The van der Waals surface area contributed by atoms with Gasteiger partial charge in [-0.2, -0.15) is 5.10 Å². The van der Waals surface area contributed by atoms with Gasteiger partial charge >= 0.3 is 6.03 Å². The Morgan fingerprint density at radius 1 is 1.33 bits per heavy atom. The summed E-state index contributed by atoms with van der Waals surface area (Å²) in [5.41, 5.74) is 1.52. The molecule has 2 aromatic rings. The minimum Gasteiger partial charge on any atom is -0.471 e. The van der Waals surface area contributed by atoms with E-state index in [2.05, 4.69) is 15.5 Å². The lowest BCUT2D eigenvalue weighted by Crippen LogP contribution is -2.46. The van der Waals surface area contributed by atoms with Crippen molar-refractivity contribution in [3.63, 3.8) is 0 Å². The van der Waals surface area contributed by atoms with Crippen molar-refractivity contribution in [2.24, 2.45) is 0 Å². The first-order chi connectivity index (χ1) is 11.6. The number of piperidine rings is 1. The molecule has 126 valence electrons. The minimum atomic E-state index is -0.152. The number of likely N-dealkylation sites (tertiary alicyclic amines) is 1. The van der Waals surface area contributed by atoms with E-state index in [1.807, 2.05) is 19.1 Å². The van der Waals surface area contributed by atoms with Gasteiger partial charge in [-0.1, -0.05) is 17.7 Å². The van der Waals surface area contributed by atoms with Crippen LogP contribution in [0.25, 0.3) is 0 Å². The van der Waals surface area contributed by atoms with Crippen LogP contribution in [0.4, 0.5) is 10.5 Å². The number of nitrogens with zero attached hydrogens (tertiary/aromatic N) is 3. The first-order valence-electron chi connectivity index (χ1n) is 7.88. The van der Waals surface area contributed by atoms with Crippen LogP contribution in [0.15, 0.2) is 36.4 Å². The Kier molecular flexibility index (Phi) is 5.15.